The van der Waals surface area contributed by atoms with E-state index in [1.807, 2.05) is 24.3 Å². The summed E-state index contributed by atoms with van der Waals surface area (Å²) in [5, 5.41) is 11.8. The number of carbonyl (C=O) groups excluding carboxylic acids is 1. The number of amides is 1. The van der Waals surface area contributed by atoms with E-state index in [2.05, 4.69) is 12.2 Å². The Morgan fingerprint density at radius 2 is 1.94 bits per heavy atom. The van der Waals surface area contributed by atoms with Crippen molar-refractivity contribution in [3.63, 3.8) is 0 Å². The van der Waals surface area contributed by atoms with Crippen molar-refractivity contribution in [3.8, 4) is 0 Å². The van der Waals surface area contributed by atoms with Crippen LogP contribution in [0, 0.1) is 0 Å². The molecule has 0 spiro atoms. The molecule has 0 aliphatic rings. The first-order chi connectivity index (χ1) is 8.65. The fourth-order valence-corrected chi connectivity index (χ4v) is 1.75. The molecule has 0 fully saturated rings. The molecule has 4 heteroatoms. The third-order valence-corrected chi connectivity index (χ3v) is 2.80. The molecule has 100 valence electrons. The summed E-state index contributed by atoms with van der Waals surface area (Å²) < 4.78 is 0. The third kappa shape index (κ3) is 5.29. The van der Waals surface area contributed by atoms with E-state index in [1.165, 1.54) is 0 Å². The van der Waals surface area contributed by atoms with Crippen molar-refractivity contribution in [2.75, 3.05) is 0 Å². The highest BCUT2D eigenvalue weighted by Gasteiger charge is 2.08. The molecule has 1 aromatic carbocycles. The fourth-order valence-electron chi connectivity index (χ4n) is 1.75. The van der Waals surface area contributed by atoms with Gasteiger partial charge in [-0.2, -0.15) is 0 Å². The van der Waals surface area contributed by atoms with Gasteiger partial charge in [0, 0.05) is 19.0 Å². The molecular weight excluding hydrogens is 228 g/mol. The number of carbonyl (C=O) groups is 1. The number of hydrogen-bond donors (Lipinski definition) is 3. The smallest absolute Gasteiger partial charge is 0.221 e. The highest BCUT2D eigenvalue weighted by atomic mass is 16.3. The minimum atomic E-state index is -0.0493. The SMILES string of the molecule is CCCC(N)CC(=O)NCc1ccc(CO)cc1. The van der Waals surface area contributed by atoms with Gasteiger partial charge >= 0.3 is 0 Å². The number of aliphatic hydroxyl groups excluding tert-OH is 1. The minimum Gasteiger partial charge on any atom is -0.392 e. The van der Waals surface area contributed by atoms with E-state index in [-0.39, 0.29) is 18.6 Å². The maximum atomic E-state index is 11.6. The van der Waals surface area contributed by atoms with Crippen LogP contribution in [0.2, 0.25) is 0 Å². The van der Waals surface area contributed by atoms with Crippen LogP contribution in [0.5, 0.6) is 0 Å². The van der Waals surface area contributed by atoms with Crippen LogP contribution in [0.4, 0.5) is 0 Å². The molecule has 0 aromatic heterocycles. The molecule has 0 heterocycles. The third-order valence-electron chi connectivity index (χ3n) is 2.80. The van der Waals surface area contributed by atoms with Crippen LogP contribution in [-0.4, -0.2) is 17.1 Å². The van der Waals surface area contributed by atoms with Crippen molar-refractivity contribution in [1.29, 1.82) is 0 Å². The van der Waals surface area contributed by atoms with Gasteiger partial charge in [-0.3, -0.25) is 4.79 Å². The van der Waals surface area contributed by atoms with Crippen molar-refractivity contribution < 1.29 is 9.90 Å². The molecule has 4 N–H and O–H groups in total. The van der Waals surface area contributed by atoms with E-state index in [0.717, 1.165) is 24.0 Å². The van der Waals surface area contributed by atoms with Crippen LogP contribution in [0.3, 0.4) is 0 Å². The fraction of sp³-hybridized carbons (Fsp3) is 0.500. The van der Waals surface area contributed by atoms with E-state index in [4.69, 9.17) is 10.8 Å². The van der Waals surface area contributed by atoms with Crippen molar-refractivity contribution in [1.82, 2.24) is 5.32 Å². The Labute approximate surface area is 108 Å². The molecule has 1 unspecified atom stereocenters. The molecule has 0 saturated carbocycles. The first kappa shape index (κ1) is 14.7. The lowest BCUT2D eigenvalue weighted by atomic mass is 10.1. The van der Waals surface area contributed by atoms with Crippen molar-refractivity contribution in [2.24, 2.45) is 5.73 Å². The van der Waals surface area contributed by atoms with E-state index in [0.29, 0.717) is 13.0 Å². The first-order valence-electron chi connectivity index (χ1n) is 6.36. The average Bonchev–Trinajstić information content (AvgIpc) is 2.37. The molecule has 0 aliphatic carbocycles. The Morgan fingerprint density at radius 1 is 1.33 bits per heavy atom. The zero-order valence-electron chi connectivity index (χ0n) is 10.9. The van der Waals surface area contributed by atoms with E-state index in [1.54, 1.807) is 0 Å². The van der Waals surface area contributed by atoms with Gasteiger partial charge in [-0.25, -0.2) is 0 Å². The van der Waals surface area contributed by atoms with Crippen molar-refractivity contribution >= 4 is 5.91 Å². The lowest BCUT2D eigenvalue weighted by molar-refractivity contribution is -0.121. The summed E-state index contributed by atoms with van der Waals surface area (Å²) in [6.45, 7) is 2.60. The molecule has 18 heavy (non-hydrogen) atoms. The van der Waals surface area contributed by atoms with Gasteiger partial charge in [0.1, 0.15) is 0 Å². The van der Waals surface area contributed by atoms with Gasteiger partial charge in [0.05, 0.1) is 6.61 Å². The molecule has 1 amide bonds. The standard InChI is InChI=1S/C14H22N2O2/c1-2-3-13(15)8-14(18)16-9-11-4-6-12(10-17)7-5-11/h4-7,13,17H,2-3,8-10,15H2,1H3,(H,16,18). The van der Waals surface area contributed by atoms with E-state index in [9.17, 15) is 4.79 Å². The predicted molar refractivity (Wildman–Crippen MR) is 71.7 cm³/mol. The zero-order valence-corrected chi connectivity index (χ0v) is 10.9. The summed E-state index contributed by atoms with van der Waals surface area (Å²) >= 11 is 0. The maximum absolute atomic E-state index is 11.6. The number of benzene rings is 1. The molecule has 1 aromatic rings. The number of nitrogens with two attached hydrogens (primary N) is 1. The number of hydrogen-bond acceptors (Lipinski definition) is 3. The normalized spacial score (nSPS) is 12.2. The van der Waals surface area contributed by atoms with Crippen LogP contribution < -0.4 is 11.1 Å². The van der Waals surface area contributed by atoms with Gasteiger partial charge in [0.25, 0.3) is 0 Å². The van der Waals surface area contributed by atoms with Crippen LogP contribution in [-0.2, 0) is 17.9 Å². The highest BCUT2D eigenvalue weighted by Crippen LogP contribution is 2.04. The largest absolute Gasteiger partial charge is 0.392 e. The van der Waals surface area contributed by atoms with Gasteiger partial charge in [-0.15, -0.1) is 0 Å². The number of rotatable bonds is 7. The maximum Gasteiger partial charge on any atom is 0.221 e. The van der Waals surface area contributed by atoms with Crippen LogP contribution in [0.25, 0.3) is 0 Å². The second kappa shape index (κ2) is 7.84. The summed E-state index contributed by atoms with van der Waals surface area (Å²) in [5.41, 5.74) is 7.69. The topological polar surface area (TPSA) is 75.4 Å². The van der Waals surface area contributed by atoms with Crippen LogP contribution in [0.1, 0.15) is 37.3 Å². The molecule has 1 rings (SSSR count). The molecule has 0 aliphatic heterocycles. The summed E-state index contributed by atoms with van der Waals surface area (Å²) in [7, 11) is 0. The molecule has 0 saturated heterocycles. The quantitative estimate of drug-likeness (QED) is 0.683. The second-order valence-corrected chi connectivity index (χ2v) is 4.50. The van der Waals surface area contributed by atoms with Crippen molar-refractivity contribution in [3.05, 3.63) is 35.4 Å². The van der Waals surface area contributed by atoms with Crippen LogP contribution >= 0.6 is 0 Å². The molecule has 1 atom stereocenters. The Balaban J connectivity index is 2.33. The van der Waals surface area contributed by atoms with E-state index >= 15 is 0 Å². The van der Waals surface area contributed by atoms with Crippen molar-refractivity contribution in [2.45, 2.75) is 45.4 Å². The van der Waals surface area contributed by atoms with Gasteiger partial charge in [-0.1, -0.05) is 37.6 Å². The lowest BCUT2D eigenvalue weighted by Gasteiger charge is -2.10. The summed E-state index contributed by atoms with van der Waals surface area (Å²) in [6.07, 6.45) is 2.25. The Hall–Kier alpha value is -1.39. The summed E-state index contributed by atoms with van der Waals surface area (Å²) in [5.74, 6) is -0.0119. The average molecular weight is 250 g/mol. The Kier molecular flexibility index (Phi) is 6.39. The van der Waals surface area contributed by atoms with Crippen LogP contribution in [0.15, 0.2) is 24.3 Å². The first-order valence-corrected chi connectivity index (χ1v) is 6.36. The summed E-state index contributed by atoms with van der Waals surface area (Å²) in [6, 6.07) is 7.45. The summed E-state index contributed by atoms with van der Waals surface area (Å²) in [4.78, 5) is 11.6. The molecule has 0 radical (unpaired) electrons. The molecule has 0 bridgehead atoms. The zero-order chi connectivity index (χ0) is 13.4. The second-order valence-electron chi connectivity index (χ2n) is 4.50. The number of aliphatic hydroxyl groups is 1. The molecular formula is C14H22N2O2. The Morgan fingerprint density at radius 3 is 2.50 bits per heavy atom. The molecule has 4 nitrogen and oxygen atoms in total. The predicted octanol–water partition coefficient (Wildman–Crippen LogP) is 1.31. The van der Waals surface area contributed by atoms with Gasteiger partial charge in [-0.05, 0) is 17.5 Å². The van der Waals surface area contributed by atoms with E-state index < -0.39 is 0 Å². The number of nitrogens with one attached hydrogen (secondary N) is 1. The lowest BCUT2D eigenvalue weighted by Crippen LogP contribution is -2.31. The highest BCUT2D eigenvalue weighted by molar-refractivity contribution is 5.76. The Bertz CT molecular complexity index is 363. The monoisotopic (exact) mass is 250 g/mol. The minimum absolute atomic E-state index is 0.0119. The van der Waals surface area contributed by atoms with Gasteiger partial charge < -0.3 is 16.2 Å². The van der Waals surface area contributed by atoms with Gasteiger partial charge in [0.15, 0.2) is 0 Å². The van der Waals surface area contributed by atoms with Gasteiger partial charge in [0.2, 0.25) is 5.91 Å².